The summed E-state index contributed by atoms with van der Waals surface area (Å²) < 4.78 is 1.41. The van der Waals surface area contributed by atoms with Gasteiger partial charge in [0.05, 0.1) is 10.3 Å². The van der Waals surface area contributed by atoms with Crippen molar-refractivity contribution in [1.82, 2.24) is 10.6 Å². The van der Waals surface area contributed by atoms with Crippen molar-refractivity contribution in [3.8, 4) is 0 Å². The summed E-state index contributed by atoms with van der Waals surface area (Å²) in [5.74, 6) is 0.144. The van der Waals surface area contributed by atoms with E-state index in [1.807, 2.05) is 30.0 Å². The molecule has 0 aromatic carbocycles. The number of carbonyl (C=O) groups excluding carboxylic acids is 1. The second kappa shape index (κ2) is 5.46. The normalized spacial score (nSPS) is 27.7. The van der Waals surface area contributed by atoms with Crippen LogP contribution >= 0.6 is 23.1 Å². The van der Waals surface area contributed by atoms with E-state index in [9.17, 15) is 4.79 Å². The average Bonchev–Trinajstić information content (AvgIpc) is 3.04. The molecule has 0 saturated heterocycles. The quantitative estimate of drug-likeness (QED) is 0.897. The van der Waals surface area contributed by atoms with E-state index in [2.05, 4.69) is 29.0 Å². The van der Waals surface area contributed by atoms with Crippen LogP contribution < -0.4 is 10.6 Å². The molecule has 3 rings (SSSR count). The van der Waals surface area contributed by atoms with Gasteiger partial charge >= 0.3 is 0 Å². The molecular weight excluding hydrogens is 276 g/mol. The summed E-state index contributed by atoms with van der Waals surface area (Å²) in [7, 11) is 0. The van der Waals surface area contributed by atoms with E-state index in [1.165, 1.54) is 9.77 Å². The molecule has 1 saturated carbocycles. The highest BCUT2D eigenvalue weighted by Crippen LogP contribution is 2.43. The molecule has 1 amide bonds. The van der Waals surface area contributed by atoms with Gasteiger partial charge in [-0.05, 0) is 43.2 Å². The van der Waals surface area contributed by atoms with Gasteiger partial charge in [0.25, 0.3) is 0 Å². The number of fused-ring (bicyclic) bond motifs is 1. The number of hydrogen-bond donors (Lipinski definition) is 2. The third kappa shape index (κ3) is 3.15. The van der Waals surface area contributed by atoms with Crippen molar-refractivity contribution in [2.75, 3.05) is 0 Å². The van der Waals surface area contributed by atoms with Crippen LogP contribution in [0.25, 0.3) is 0 Å². The summed E-state index contributed by atoms with van der Waals surface area (Å²) in [4.78, 5) is 12.0. The van der Waals surface area contributed by atoms with Gasteiger partial charge in [0, 0.05) is 17.3 Å². The lowest BCUT2D eigenvalue weighted by atomic mass is 10.0. The molecular formula is C14H20N2OS2. The summed E-state index contributed by atoms with van der Waals surface area (Å²) in [5.41, 5.74) is 1.37. The number of amides is 1. The zero-order valence-electron chi connectivity index (χ0n) is 11.3. The Balaban J connectivity index is 1.64. The molecule has 2 aliphatic rings. The largest absolute Gasteiger partial charge is 0.352 e. The highest BCUT2D eigenvalue weighted by atomic mass is 32.2. The van der Waals surface area contributed by atoms with Gasteiger partial charge in [-0.2, -0.15) is 0 Å². The lowest BCUT2D eigenvalue weighted by Gasteiger charge is -2.29. The van der Waals surface area contributed by atoms with Gasteiger partial charge in [-0.15, -0.1) is 23.1 Å². The Morgan fingerprint density at radius 1 is 1.47 bits per heavy atom. The topological polar surface area (TPSA) is 41.1 Å². The van der Waals surface area contributed by atoms with Crippen molar-refractivity contribution in [3.05, 3.63) is 17.0 Å². The van der Waals surface area contributed by atoms with Crippen LogP contribution in [0, 0.1) is 0 Å². The van der Waals surface area contributed by atoms with Gasteiger partial charge in [-0.3, -0.25) is 10.1 Å². The van der Waals surface area contributed by atoms with Gasteiger partial charge in [0.2, 0.25) is 5.91 Å². The van der Waals surface area contributed by atoms with E-state index in [0.717, 1.165) is 19.3 Å². The molecule has 3 nitrogen and oxygen atoms in total. The SMILES string of the molecule is CC(NC1C[C@H](C)Sc2sccc21)C(=O)NC1CC1. The van der Waals surface area contributed by atoms with Crippen molar-refractivity contribution in [2.24, 2.45) is 0 Å². The second-order valence-corrected chi connectivity index (χ2v) is 8.17. The lowest BCUT2D eigenvalue weighted by Crippen LogP contribution is -2.45. The van der Waals surface area contributed by atoms with E-state index in [4.69, 9.17) is 0 Å². The van der Waals surface area contributed by atoms with Crippen molar-refractivity contribution in [3.63, 3.8) is 0 Å². The molecule has 0 bridgehead atoms. The standard InChI is InChI=1S/C14H20N2OS2/c1-8-7-12(11-5-6-18-14(11)19-8)15-9(2)13(17)16-10-3-4-10/h5-6,8-10,12,15H,3-4,7H2,1-2H3,(H,16,17)/t8-,9?,12?/m0/s1. The smallest absolute Gasteiger partial charge is 0.237 e. The number of thiophene rings is 1. The molecule has 1 fully saturated rings. The molecule has 1 aromatic heterocycles. The zero-order valence-corrected chi connectivity index (χ0v) is 12.9. The Bertz CT molecular complexity index is 470. The predicted molar refractivity (Wildman–Crippen MR) is 80.8 cm³/mol. The van der Waals surface area contributed by atoms with Crippen LogP contribution in [0.15, 0.2) is 15.7 Å². The van der Waals surface area contributed by atoms with Crippen molar-refractivity contribution in [1.29, 1.82) is 0 Å². The van der Waals surface area contributed by atoms with E-state index >= 15 is 0 Å². The fourth-order valence-electron chi connectivity index (χ4n) is 2.44. The highest BCUT2D eigenvalue weighted by molar-refractivity contribution is 8.01. The fraction of sp³-hybridized carbons (Fsp3) is 0.643. The maximum absolute atomic E-state index is 12.0. The molecule has 1 aliphatic carbocycles. The lowest BCUT2D eigenvalue weighted by molar-refractivity contribution is -0.123. The van der Waals surface area contributed by atoms with E-state index < -0.39 is 0 Å². The second-order valence-electron chi connectivity index (χ2n) is 5.55. The van der Waals surface area contributed by atoms with Gasteiger partial charge in [-0.25, -0.2) is 0 Å². The van der Waals surface area contributed by atoms with Gasteiger partial charge < -0.3 is 5.32 Å². The molecule has 5 heteroatoms. The molecule has 19 heavy (non-hydrogen) atoms. The summed E-state index contributed by atoms with van der Waals surface area (Å²) >= 11 is 3.77. The Hall–Kier alpha value is -0.520. The number of hydrogen-bond acceptors (Lipinski definition) is 4. The minimum Gasteiger partial charge on any atom is -0.352 e. The van der Waals surface area contributed by atoms with Crippen LogP contribution in [0.1, 0.15) is 44.7 Å². The Morgan fingerprint density at radius 3 is 3.00 bits per heavy atom. The van der Waals surface area contributed by atoms with Crippen LogP contribution in [0.3, 0.4) is 0 Å². The minimum atomic E-state index is -0.117. The number of rotatable bonds is 4. The Kier molecular flexibility index (Phi) is 3.87. The summed E-state index contributed by atoms with van der Waals surface area (Å²) in [6.07, 6.45) is 3.38. The fourth-order valence-corrected chi connectivity index (χ4v) is 5.01. The highest BCUT2D eigenvalue weighted by Gasteiger charge is 2.30. The van der Waals surface area contributed by atoms with Gasteiger partial charge in [-0.1, -0.05) is 6.92 Å². The first-order chi connectivity index (χ1) is 9.13. The van der Waals surface area contributed by atoms with Crippen molar-refractivity contribution in [2.45, 2.75) is 60.7 Å². The Labute approximate surface area is 122 Å². The average molecular weight is 296 g/mol. The molecule has 2 N–H and O–H groups in total. The number of nitrogens with one attached hydrogen (secondary N) is 2. The molecule has 104 valence electrons. The van der Waals surface area contributed by atoms with E-state index in [0.29, 0.717) is 17.3 Å². The summed E-state index contributed by atoms with van der Waals surface area (Å²) in [6, 6.07) is 2.84. The maximum atomic E-state index is 12.0. The predicted octanol–water partition coefficient (Wildman–Crippen LogP) is 2.93. The van der Waals surface area contributed by atoms with Crippen molar-refractivity contribution < 1.29 is 4.79 Å². The first-order valence-electron chi connectivity index (χ1n) is 6.94. The first kappa shape index (κ1) is 13.5. The van der Waals surface area contributed by atoms with Gasteiger partial charge in [0.1, 0.15) is 0 Å². The van der Waals surface area contributed by atoms with Crippen molar-refractivity contribution >= 4 is 29.0 Å². The van der Waals surface area contributed by atoms with E-state index in [-0.39, 0.29) is 11.9 Å². The zero-order chi connectivity index (χ0) is 13.4. The van der Waals surface area contributed by atoms with E-state index in [1.54, 1.807) is 0 Å². The Morgan fingerprint density at radius 2 is 2.26 bits per heavy atom. The van der Waals surface area contributed by atoms with Gasteiger partial charge in [0.15, 0.2) is 0 Å². The van der Waals surface area contributed by atoms with Crippen LogP contribution in [0.4, 0.5) is 0 Å². The monoisotopic (exact) mass is 296 g/mol. The molecule has 2 unspecified atom stereocenters. The maximum Gasteiger partial charge on any atom is 0.237 e. The van der Waals surface area contributed by atoms with Crippen LogP contribution in [-0.2, 0) is 4.79 Å². The number of thioether (sulfide) groups is 1. The third-order valence-corrected chi connectivity index (χ3v) is 6.02. The van der Waals surface area contributed by atoms with Crippen LogP contribution in [0.5, 0.6) is 0 Å². The molecule has 1 aliphatic heterocycles. The van der Waals surface area contributed by atoms with Crippen LogP contribution in [-0.4, -0.2) is 23.2 Å². The first-order valence-corrected chi connectivity index (χ1v) is 8.70. The molecule has 2 heterocycles. The number of carbonyl (C=O) groups is 1. The molecule has 1 aromatic rings. The molecule has 0 radical (unpaired) electrons. The minimum absolute atomic E-state index is 0.117. The summed E-state index contributed by atoms with van der Waals surface area (Å²) in [6.45, 7) is 4.23. The molecule has 3 atom stereocenters. The summed E-state index contributed by atoms with van der Waals surface area (Å²) in [5, 5.41) is 9.34. The molecule has 0 spiro atoms. The van der Waals surface area contributed by atoms with Crippen LogP contribution in [0.2, 0.25) is 0 Å². The third-order valence-electron chi connectivity index (χ3n) is 3.68.